The van der Waals surface area contributed by atoms with Crippen molar-refractivity contribution < 1.29 is 4.39 Å². The molecule has 4 heteroatoms. The molecule has 3 nitrogen and oxygen atoms in total. The summed E-state index contributed by atoms with van der Waals surface area (Å²) >= 11 is 0. The van der Waals surface area contributed by atoms with Gasteiger partial charge in [0.2, 0.25) is 0 Å². The van der Waals surface area contributed by atoms with Crippen LogP contribution in [0.2, 0.25) is 0 Å². The first-order chi connectivity index (χ1) is 8.46. The summed E-state index contributed by atoms with van der Waals surface area (Å²) in [5, 5.41) is 0. The van der Waals surface area contributed by atoms with Crippen LogP contribution in [0.5, 0.6) is 0 Å². The van der Waals surface area contributed by atoms with E-state index in [9.17, 15) is 4.39 Å². The minimum atomic E-state index is -0.438. The number of hydrogen-bond acceptors (Lipinski definition) is 2. The Kier molecular flexibility index (Phi) is 3.48. The van der Waals surface area contributed by atoms with Crippen LogP contribution in [0.25, 0.3) is 0 Å². The molecule has 0 radical (unpaired) electrons. The highest BCUT2D eigenvalue weighted by Crippen LogP contribution is 2.16. The van der Waals surface area contributed by atoms with E-state index in [1.54, 1.807) is 12.3 Å². The fourth-order valence-corrected chi connectivity index (χ4v) is 2.10. The molecule has 2 rings (SSSR count). The maximum atomic E-state index is 13.1. The van der Waals surface area contributed by atoms with Gasteiger partial charge in [-0.3, -0.25) is 0 Å². The van der Waals surface area contributed by atoms with Gasteiger partial charge in [-0.2, -0.15) is 0 Å². The Hall–Kier alpha value is -1.68. The molecule has 1 atom stereocenters. The molecule has 0 saturated heterocycles. The highest BCUT2D eigenvalue weighted by molar-refractivity contribution is 5.19. The van der Waals surface area contributed by atoms with E-state index in [1.807, 2.05) is 30.8 Å². The van der Waals surface area contributed by atoms with Gasteiger partial charge in [0.1, 0.15) is 11.6 Å². The second kappa shape index (κ2) is 4.90. The molecule has 0 fully saturated rings. The zero-order chi connectivity index (χ0) is 13.2. The number of nitrogens with two attached hydrogens (primary N) is 1. The highest BCUT2D eigenvalue weighted by Gasteiger charge is 2.21. The Bertz CT molecular complexity index is 531. The summed E-state index contributed by atoms with van der Waals surface area (Å²) < 4.78 is 15.1. The Labute approximate surface area is 106 Å². The summed E-state index contributed by atoms with van der Waals surface area (Å²) in [6.07, 6.45) is 4.94. The number of imidazole rings is 1. The topological polar surface area (TPSA) is 43.8 Å². The summed E-state index contributed by atoms with van der Waals surface area (Å²) in [5.41, 5.74) is 6.76. The molecule has 0 aliphatic heterocycles. The molecule has 1 aromatic heterocycles. The van der Waals surface area contributed by atoms with Crippen LogP contribution in [-0.4, -0.2) is 15.1 Å². The number of halogens is 1. The van der Waals surface area contributed by atoms with Gasteiger partial charge in [0.15, 0.2) is 0 Å². The van der Waals surface area contributed by atoms with Gasteiger partial charge in [-0.05, 0) is 31.0 Å². The van der Waals surface area contributed by atoms with Gasteiger partial charge < -0.3 is 10.3 Å². The first-order valence-electron chi connectivity index (χ1n) is 5.96. The van der Waals surface area contributed by atoms with Crippen molar-refractivity contribution in [2.24, 2.45) is 12.8 Å². The van der Waals surface area contributed by atoms with E-state index in [-0.39, 0.29) is 5.82 Å². The molecule has 1 unspecified atom stereocenters. The average molecular weight is 247 g/mol. The van der Waals surface area contributed by atoms with E-state index in [0.29, 0.717) is 12.8 Å². The van der Waals surface area contributed by atoms with Gasteiger partial charge in [-0.25, -0.2) is 9.37 Å². The Morgan fingerprint density at radius 1 is 1.39 bits per heavy atom. The number of nitrogens with zero attached hydrogens (tertiary/aromatic N) is 2. The second-order valence-corrected chi connectivity index (χ2v) is 5.09. The minimum absolute atomic E-state index is 0.222. The number of hydrogen-bond donors (Lipinski definition) is 1. The molecule has 0 amide bonds. The summed E-state index contributed by atoms with van der Waals surface area (Å²) in [6.45, 7) is 1.96. The van der Waals surface area contributed by atoms with Gasteiger partial charge in [0.05, 0.1) is 0 Å². The van der Waals surface area contributed by atoms with E-state index in [2.05, 4.69) is 4.98 Å². The summed E-state index contributed by atoms with van der Waals surface area (Å²) in [5.74, 6) is 0.719. The number of aryl methyl sites for hydroxylation is 1. The van der Waals surface area contributed by atoms with E-state index in [4.69, 9.17) is 5.73 Å². The van der Waals surface area contributed by atoms with Crippen LogP contribution in [0, 0.1) is 5.82 Å². The summed E-state index contributed by atoms with van der Waals surface area (Å²) in [6, 6.07) is 6.58. The van der Waals surface area contributed by atoms with Crippen LogP contribution >= 0.6 is 0 Å². The monoisotopic (exact) mass is 247 g/mol. The van der Waals surface area contributed by atoms with Crippen molar-refractivity contribution in [2.45, 2.75) is 25.3 Å². The van der Waals surface area contributed by atoms with Crippen LogP contribution in [0.3, 0.4) is 0 Å². The third-order valence-corrected chi connectivity index (χ3v) is 2.98. The van der Waals surface area contributed by atoms with Crippen LogP contribution in [0.1, 0.15) is 18.3 Å². The number of rotatable bonds is 4. The molecule has 18 heavy (non-hydrogen) atoms. The van der Waals surface area contributed by atoms with E-state index in [0.717, 1.165) is 11.4 Å². The standard InChI is InChI=1S/C14H18FN3/c1-14(16,10-13-17-6-7-18(13)2)9-11-4-3-5-12(15)8-11/h3-8H,9-10,16H2,1-2H3. The first-order valence-corrected chi connectivity index (χ1v) is 5.96. The number of benzene rings is 1. The lowest BCUT2D eigenvalue weighted by molar-refractivity contribution is 0.445. The van der Waals surface area contributed by atoms with Crippen molar-refractivity contribution >= 4 is 0 Å². The molecule has 1 aromatic carbocycles. The predicted octanol–water partition coefficient (Wildman–Crippen LogP) is 2.06. The van der Waals surface area contributed by atoms with Crippen LogP contribution in [0.4, 0.5) is 4.39 Å². The van der Waals surface area contributed by atoms with E-state index >= 15 is 0 Å². The van der Waals surface area contributed by atoms with Gasteiger partial charge in [0.25, 0.3) is 0 Å². The lowest BCUT2D eigenvalue weighted by Gasteiger charge is -2.24. The molecule has 96 valence electrons. The Morgan fingerprint density at radius 2 is 2.17 bits per heavy atom. The molecule has 0 spiro atoms. The lowest BCUT2D eigenvalue weighted by Crippen LogP contribution is -2.41. The van der Waals surface area contributed by atoms with E-state index < -0.39 is 5.54 Å². The van der Waals surface area contributed by atoms with Crippen LogP contribution in [0.15, 0.2) is 36.7 Å². The smallest absolute Gasteiger partial charge is 0.123 e. The molecule has 0 aliphatic rings. The quantitative estimate of drug-likeness (QED) is 0.898. The lowest BCUT2D eigenvalue weighted by atomic mass is 9.90. The zero-order valence-electron chi connectivity index (χ0n) is 10.7. The molecule has 0 bridgehead atoms. The van der Waals surface area contributed by atoms with E-state index in [1.165, 1.54) is 12.1 Å². The van der Waals surface area contributed by atoms with Gasteiger partial charge >= 0.3 is 0 Å². The molecule has 0 saturated carbocycles. The third kappa shape index (κ3) is 3.17. The summed E-state index contributed by atoms with van der Waals surface area (Å²) in [7, 11) is 1.95. The van der Waals surface area contributed by atoms with Crippen molar-refractivity contribution in [2.75, 3.05) is 0 Å². The molecule has 1 heterocycles. The largest absolute Gasteiger partial charge is 0.338 e. The van der Waals surface area contributed by atoms with Crippen molar-refractivity contribution in [1.29, 1.82) is 0 Å². The zero-order valence-corrected chi connectivity index (χ0v) is 10.7. The fourth-order valence-electron chi connectivity index (χ4n) is 2.10. The fraction of sp³-hybridized carbons (Fsp3) is 0.357. The van der Waals surface area contributed by atoms with Crippen molar-refractivity contribution in [3.05, 3.63) is 53.9 Å². The van der Waals surface area contributed by atoms with Crippen LogP contribution in [-0.2, 0) is 19.9 Å². The molecule has 2 N–H and O–H groups in total. The average Bonchev–Trinajstić information content (AvgIpc) is 2.62. The minimum Gasteiger partial charge on any atom is -0.338 e. The maximum absolute atomic E-state index is 13.1. The number of aromatic nitrogens is 2. The van der Waals surface area contributed by atoms with Crippen LogP contribution < -0.4 is 5.73 Å². The normalized spacial score (nSPS) is 14.4. The van der Waals surface area contributed by atoms with Gasteiger partial charge in [-0.15, -0.1) is 0 Å². The molecular formula is C14H18FN3. The summed E-state index contributed by atoms with van der Waals surface area (Å²) in [4.78, 5) is 4.27. The maximum Gasteiger partial charge on any atom is 0.123 e. The second-order valence-electron chi connectivity index (χ2n) is 5.09. The SMILES string of the molecule is Cn1ccnc1CC(C)(N)Cc1cccc(F)c1. The van der Waals surface area contributed by atoms with Gasteiger partial charge in [-0.1, -0.05) is 12.1 Å². The Morgan fingerprint density at radius 3 is 2.78 bits per heavy atom. The molecule has 0 aliphatic carbocycles. The van der Waals surface area contributed by atoms with Crippen molar-refractivity contribution in [1.82, 2.24) is 9.55 Å². The molecular weight excluding hydrogens is 229 g/mol. The Balaban J connectivity index is 2.10. The van der Waals surface area contributed by atoms with Crippen molar-refractivity contribution in [3.63, 3.8) is 0 Å². The highest BCUT2D eigenvalue weighted by atomic mass is 19.1. The van der Waals surface area contributed by atoms with Gasteiger partial charge in [0, 0.05) is 31.4 Å². The van der Waals surface area contributed by atoms with Crippen molar-refractivity contribution in [3.8, 4) is 0 Å². The predicted molar refractivity (Wildman–Crippen MR) is 69.6 cm³/mol. The first kappa shape index (κ1) is 12.8. The third-order valence-electron chi connectivity index (χ3n) is 2.98. The molecule has 2 aromatic rings.